The van der Waals surface area contributed by atoms with E-state index in [9.17, 15) is 0 Å². The van der Waals surface area contributed by atoms with Gasteiger partial charge in [-0.3, -0.25) is 5.43 Å². The van der Waals surface area contributed by atoms with Gasteiger partial charge < -0.3 is 18.6 Å². The Balaban J connectivity index is 1.02. The van der Waals surface area contributed by atoms with Crippen LogP contribution < -0.4 is 14.9 Å². The molecule has 1 atom stereocenters. The number of furan rings is 1. The minimum atomic E-state index is -0.149. The van der Waals surface area contributed by atoms with Crippen molar-refractivity contribution in [2.24, 2.45) is 0 Å². The van der Waals surface area contributed by atoms with Crippen LogP contribution in [-0.4, -0.2) is 51.8 Å². The Bertz CT molecular complexity index is 1620. The third kappa shape index (κ3) is 5.67. The average molecular weight is 608 g/mol. The molecule has 1 fully saturated rings. The number of aromatic nitrogens is 3. The number of fused-ring (bicyclic) bond motifs is 2. The van der Waals surface area contributed by atoms with E-state index in [4.69, 9.17) is 28.6 Å². The Hall–Kier alpha value is -3.16. The van der Waals surface area contributed by atoms with Gasteiger partial charge in [-0.15, -0.1) is 11.3 Å². The predicted molar refractivity (Wildman–Crippen MR) is 162 cm³/mol. The summed E-state index contributed by atoms with van der Waals surface area (Å²) in [5, 5.41) is 5.00. The normalized spacial score (nSPS) is 17.6. The molecule has 0 saturated carbocycles. The number of ether oxygens (including phenoxy) is 3. The molecule has 212 valence electrons. The summed E-state index contributed by atoms with van der Waals surface area (Å²) in [6, 6.07) is 16.3. The van der Waals surface area contributed by atoms with Crippen LogP contribution in [-0.2, 0) is 11.3 Å². The number of rotatable bonds is 9. The summed E-state index contributed by atoms with van der Waals surface area (Å²) in [7, 11) is 3.30. The molecule has 0 spiro atoms. The molecule has 0 bridgehead atoms. The topological polar surface area (TPSA) is 86.8 Å². The SMILES string of the molecule is COc1cc(OCc2csc(C3CCN(Sc4ccccc4)CC3)n2)c2cc(-c3cn4c(n3)SC(OC)N4)oc2c1. The maximum Gasteiger partial charge on any atom is 0.196 e. The van der Waals surface area contributed by atoms with E-state index in [0.29, 0.717) is 35.4 Å². The highest BCUT2D eigenvalue weighted by molar-refractivity contribution is 7.99. The van der Waals surface area contributed by atoms with Crippen LogP contribution in [0, 0.1) is 0 Å². The lowest BCUT2D eigenvalue weighted by Crippen LogP contribution is -2.27. The highest BCUT2D eigenvalue weighted by Crippen LogP contribution is 2.39. The lowest BCUT2D eigenvalue weighted by molar-refractivity contribution is 0.187. The molecule has 2 aromatic carbocycles. The molecule has 9 nitrogen and oxygen atoms in total. The number of thiazole rings is 1. The molecule has 7 rings (SSSR count). The van der Waals surface area contributed by atoms with Crippen molar-refractivity contribution in [3.8, 4) is 23.0 Å². The molecule has 0 aliphatic carbocycles. The molecule has 1 unspecified atom stereocenters. The number of nitrogens with zero attached hydrogens (tertiary/aromatic N) is 4. The van der Waals surface area contributed by atoms with Crippen molar-refractivity contribution >= 4 is 46.0 Å². The van der Waals surface area contributed by atoms with Gasteiger partial charge in [-0.1, -0.05) is 18.2 Å². The number of nitrogens with one attached hydrogen (secondary N) is 1. The van der Waals surface area contributed by atoms with Crippen molar-refractivity contribution in [2.75, 3.05) is 32.7 Å². The Morgan fingerprint density at radius 2 is 1.95 bits per heavy atom. The summed E-state index contributed by atoms with van der Waals surface area (Å²) in [5.74, 6) is 2.50. The molecule has 3 aromatic heterocycles. The van der Waals surface area contributed by atoms with Gasteiger partial charge in [0.15, 0.2) is 16.5 Å². The standard InChI is InChI=1S/C29H29N5O4S3/c1-35-20-12-24(22-14-26(38-25(22)13-20)23-15-34-28(31-23)40-29(32-34)36-2)37-16-19-17-39-27(30-19)18-8-10-33(11-9-18)41-21-6-4-3-5-7-21/h3-7,12-15,17-18,29,32H,8-11,16H2,1-2H3. The fourth-order valence-corrected chi connectivity index (χ4v) is 7.76. The molecule has 2 aliphatic heterocycles. The number of methoxy groups -OCH3 is 2. The zero-order valence-corrected chi connectivity index (χ0v) is 25.1. The number of hydrogen-bond acceptors (Lipinski definition) is 11. The quantitative estimate of drug-likeness (QED) is 0.180. The first-order chi connectivity index (χ1) is 20.1. The molecule has 12 heteroatoms. The molecule has 1 saturated heterocycles. The second kappa shape index (κ2) is 11.6. The maximum atomic E-state index is 6.31. The zero-order valence-electron chi connectivity index (χ0n) is 22.6. The van der Waals surface area contributed by atoms with Gasteiger partial charge in [0.05, 0.1) is 29.4 Å². The van der Waals surface area contributed by atoms with Gasteiger partial charge in [0.2, 0.25) is 0 Å². The molecule has 1 N–H and O–H groups in total. The fraction of sp³-hybridized carbons (Fsp3) is 0.310. The zero-order chi connectivity index (χ0) is 27.8. The van der Waals surface area contributed by atoms with Gasteiger partial charge in [0.25, 0.3) is 0 Å². The number of thioether (sulfide) groups is 1. The fourth-order valence-electron chi connectivity index (χ4n) is 4.99. The van der Waals surface area contributed by atoms with Gasteiger partial charge in [-0.2, -0.15) is 0 Å². The summed E-state index contributed by atoms with van der Waals surface area (Å²) in [5.41, 5.74) is 5.41. The first-order valence-electron chi connectivity index (χ1n) is 13.4. The highest BCUT2D eigenvalue weighted by atomic mass is 32.2. The average Bonchev–Trinajstić information content (AvgIpc) is 3.79. The largest absolute Gasteiger partial charge is 0.496 e. The summed E-state index contributed by atoms with van der Waals surface area (Å²) in [6.07, 6.45) is 4.12. The van der Waals surface area contributed by atoms with Crippen LogP contribution in [0.5, 0.6) is 11.5 Å². The van der Waals surface area contributed by atoms with E-state index in [1.807, 2.05) is 41.0 Å². The van der Waals surface area contributed by atoms with E-state index < -0.39 is 0 Å². The van der Waals surface area contributed by atoms with E-state index in [0.717, 1.165) is 47.9 Å². The molecule has 2 aliphatic rings. The van der Waals surface area contributed by atoms with Gasteiger partial charge in [0.1, 0.15) is 29.4 Å². The van der Waals surface area contributed by atoms with Gasteiger partial charge in [0, 0.05) is 48.5 Å². The lowest BCUT2D eigenvalue weighted by Gasteiger charge is -2.29. The third-order valence-electron chi connectivity index (χ3n) is 7.13. The summed E-state index contributed by atoms with van der Waals surface area (Å²) >= 11 is 5.09. The first-order valence-corrected chi connectivity index (χ1v) is 15.9. The van der Waals surface area contributed by atoms with Crippen LogP contribution in [0.1, 0.15) is 29.5 Å². The van der Waals surface area contributed by atoms with Crippen LogP contribution in [0.2, 0.25) is 0 Å². The number of imidazole rings is 1. The van der Waals surface area contributed by atoms with E-state index >= 15 is 0 Å². The van der Waals surface area contributed by atoms with E-state index in [1.54, 1.807) is 25.6 Å². The second-order valence-corrected chi connectivity index (χ2v) is 12.9. The molecule has 5 aromatic rings. The van der Waals surface area contributed by atoms with Gasteiger partial charge >= 0.3 is 0 Å². The van der Waals surface area contributed by atoms with Crippen LogP contribution in [0.15, 0.2) is 74.6 Å². The lowest BCUT2D eigenvalue weighted by atomic mass is 9.99. The van der Waals surface area contributed by atoms with E-state index in [1.165, 1.54) is 21.7 Å². The summed E-state index contributed by atoms with van der Waals surface area (Å²) < 4.78 is 27.7. The second-order valence-electron chi connectivity index (χ2n) is 9.81. The van der Waals surface area contributed by atoms with Crippen LogP contribution in [0.25, 0.3) is 22.4 Å². The molecule has 5 heterocycles. The van der Waals surface area contributed by atoms with Crippen LogP contribution in [0.3, 0.4) is 0 Å². The maximum absolute atomic E-state index is 6.31. The minimum absolute atomic E-state index is 0.149. The first kappa shape index (κ1) is 26.7. The van der Waals surface area contributed by atoms with Crippen molar-refractivity contribution in [3.63, 3.8) is 0 Å². The highest BCUT2D eigenvalue weighted by Gasteiger charge is 2.26. The Labute approximate surface area is 250 Å². The number of hydrogen-bond donors (Lipinski definition) is 1. The predicted octanol–water partition coefficient (Wildman–Crippen LogP) is 6.81. The number of piperidine rings is 1. The Morgan fingerprint density at radius 3 is 2.73 bits per heavy atom. The Kier molecular flexibility index (Phi) is 7.57. The van der Waals surface area contributed by atoms with Crippen molar-refractivity contribution in [3.05, 3.63) is 70.8 Å². The molecule has 0 radical (unpaired) electrons. The van der Waals surface area contributed by atoms with Crippen LogP contribution in [0.4, 0.5) is 0 Å². The van der Waals surface area contributed by atoms with Crippen molar-refractivity contribution in [1.82, 2.24) is 18.9 Å². The van der Waals surface area contributed by atoms with E-state index in [-0.39, 0.29) is 5.56 Å². The van der Waals surface area contributed by atoms with Crippen molar-refractivity contribution in [1.29, 1.82) is 0 Å². The Morgan fingerprint density at radius 1 is 1.10 bits per heavy atom. The van der Waals surface area contributed by atoms with Gasteiger partial charge in [-0.05, 0) is 54.8 Å². The minimum Gasteiger partial charge on any atom is -0.496 e. The smallest absolute Gasteiger partial charge is 0.196 e. The van der Waals surface area contributed by atoms with Crippen molar-refractivity contribution in [2.45, 2.75) is 41.0 Å². The van der Waals surface area contributed by atoms with Crippen molar-refractivity contribution < 1.29 is 18.6 Å². The summed E-state index contributed by atoms with van der Waals surface area (Å²) in [6.45, 7) is 2.49. The molecular formula is C29H29N5O4S3. The number of benzene rings is 2. The van der Waals surface area contributed by atoms with E-state index in [2.05, 4.69) is 45.4 Å². The van der Waals surface area contributed by atoms with Gasteiger partial charge in [-0.25, -0.2) is 18.9 Å². The van der Waals surface area contributed by atoms with Crippen LogP contribution >= 0.6 is 35.0 Å². The molecule has 0 amide bonds. The molecule has 41 heavy (non-hydrogen) atoms. The monoisotopic (exact) mass is 607 g/mol. The third-order valence-corrected chi connectivity index (χ3v) is 10.3. The summed E-state index contributed by atoms with van der Waals surface area (Å²) in [4.78, 5) is 10.9. The molecular weight excluding hydrogens is 579 g/mol.